The fourth-order valence-corrected chi connectivity index (χ4v) is 3.67. The molecule has 0 fully saturated rings. The van der Waals surface area contributed by atoms with Gasteiger partial charge in [0.15, 0.2) is 0 Å². The van der Waals surface area contributed by atoms with Gasteiger partial charge in [0.25, 0.3) is 0 Å². The predicted molar refractivity (Wildman–Crippen MR) is 91.8 cm³/mol. The quantitative estimate of drug-likeness (QED) is 0.801. The van der Waals surface area contributed by atoms with Crippen LogP contribution in [0.4, 0.5) is 0 Å². The molecule has 0 radical (unpaired) electrons. The maximum Gasteiger partial charge on any atom is 0.0776 e. The molecule has 1 atom stereocenters. The van der Waals surface area contributed by atoms with Crippen LogP contribution in [0, 0.1) is 0 Å². The van der Waals surface area contributed by atoms with Gasteiger partial charge in [0.1, 0.15) is 0 Å². The Morgan fingerprint density at radius 2 is 2.19 bits per heavy atom. The first kappa shape index (κ1) is 14.5. The van der Waals surface area contributed by atoms with Gasteiger partial charge in [0.2, 0.25) is 0 Å². The van der Waals surface area contributed by atoms with Crippen LogP contribution in [-0.2, 0) is 0 Å². The standard InChI is InChI=1S/C17H23N3S/c1-3-19(4-2)8-9-20-17-11-14(16-7-10-21-13-16)5-6-15(17)12-18-20/h5-7,10,12-13,17H,3-4,8-9,11H2,1-2H3. The molecule has 2 aliphatic rings. The van der Waals surface area contributed by atoms with E-state index in [1.807, 2.05) is 6.21 Å². The van der Waals surface area contributed by atoms with Gasteiger partial charge in [-0.3, -0.25) is 5.01 Å². The van der Waals surface area contributed by atoms with Crippen molar-refractivity contribution in [1.29, 1.82) is 0 Å². The molecule has 0 aromatic carbocycles. The molecule has 0 saturated carbocycles. The van der Waals surface area contributed by atoms with Crippen LogP contribution in [-0.4, -0.2) is 48.3 Å². The van der Waals surface area contributed by atoms with Gasteiger partial charge < -0.3 is 4.90 Å². The summed E-state index contributed by atoms with van der Waals surface area (Å²) in [4.78, 5) is 2.45. The molecule has 1 aliphatic heterocycles. The number of likely N-dealkylation sites (N-methyl/N-ethyl adjacent to an activating group) is 1. The Morgan fingerprint density at radius 1 is 1.33 bits per heavy atom. The molecule has 112 valence electrons. The van der Waals surface area contributed by atoms with Crippen LogP contribution in [0.15, 0.2) is 39.7 Å². The number of fused-ring (bicyclic) bond motifs is 1. The summed E-state index contributed by atoms with van der Waals surface area (Å²) < 4.78 is 0. The van der Waals surface area contributed by atoms with Gasteiger partial charge >= 0.3 is 0 Å². The Morgan fingerprint density at radius 3 is 2.90 bits per heavy atom. The molecule has 0 bridgehead atoms. The minimum absolute atomic E-state index is 0.431. The van der Waals surface area contributed by atoms with Gasteiger partial charge in [-0.2, -0.15) is 16.4 Å². The van der Waals surface area contributed by atoms with Crippen molar-refractivity contribution in [2.45, 2.75) is 26.3 Å². The molecule has 0 spiro atoms. The number of hydrazone groups is 1. The third kappa shape index (κ3) is 3.11. The second-order valence-electron chi connectivity index (χ2n) is 5.53. The fraction of sp³-hybridized carbons (Fsp3) is 0.471. The highest BCUT2D eigenvalue weighted by Gasteiger charge is 2.28. The van der Waals surface area contributed by atoms with Crippen LogP contribution in [0.2, 0.25) is 0 Å². The number of nitrogens with zero attached hydrogens (tertiary/aromatic N) is 3. The molecule has 3 nitrogen and oxygen atoms in total. The molecule has 2 heterocycles. The monoisotopic (exact) mass is 301 g/mol. The molecule has 1 aliphatic carbocycles. The van der Waals surface area contributed by atoms with Crippen molar-refractivity contribution in [3.63, 3.8) is 0 Å². The normalized spacial score (nSPS) is 20.7. The summed E-state index contributed by atoms with van der Waals surface area (Å²) in [5.41, 5.74) is 4.16. The molecule has 0 amide bonds. The van der Waals surface area contributed by atoms with Crippen molar-refractivity contribution < 1.29 is 0 Å². The van der Waals surface area contributed by atoms with Crippen LogP contribution in [0.3, 0.4) is 0 Å². The van der Waals surface area contributed by atoms with Crippen LogP contribution < -0.4 is 0 Å². The average Bonchev–Trinajstić information content (AvgIpc) is 3.17. The zero-order chi connectivity index (χ0) is 14.7. The van der Waals surface area contributed by atoms with Gasteiger partial charge in [-0.1, -0.05) is 26.0 Å². The second kappa shape index (κ2) is 6.58. The zero-order valence-electron chi connectivity index (χ0n) is 12.8. The Balaban J connectivity index is 1.65. The van der Waals surface area contributed by atoms with E-state index in [1.165, 1.54) is 16.7 Å². The molecule has 1 aromatic heterocycles. The lowest BCUT2D eigenvalue weighted by molar-refractivity contribution is 0.201. The minimum Gasteiger partial charge on any atom is -0.302 e. The fourth-order valence-electron chi connectivity index (χ4n) is 2.99. The molecular weight excluding hydrogens is 278 g/mol. The number of rotatable bonds is 6. The second-order valence-corrected chi connectivity index (χ2v) is 6.31. The highest BCUT2D eigenvalue weighted by atomic mass is 32.1. The molecule has 1 aromatic rings. The number of thiophene rings is 1. The smallest absolute Gasteiger partial charge is 0.0776 e. The van der Waals surface area contributed by atoms with Crippen molar-refractivity contribution in [3.8, 4) is 0 Å². The Hall–Kier alpha value is -1.39. The van der Waals surface area contributed by atoms with E-state index in [0.717, 1.165) is 32.6 Å². The van der Waals surface area contributed by atoms with E-state index in [4.69, 9.17) is 0 Å². The van der Waals surface area contributed by atoms with Gasteiger partial charge in [-0.15, -0.1) is 0 Å². The van der Waals surface area contributed by atoms with Gasteiger partial charge in [0.05, 0.1) is 12.3 Å². The van der Waals surface area contributed by atoms with E-state index >= 15 is 0 Å². The molecule has 3 rings (SSSR count). The van der Waals surface area contributed by atoms with E-state index in [1.54, 1.807) is 11.3 Å². The number of hydrogen-bond acceptors (Lipinski definition) is 4. The topological polar surface area (TPSA) is 18.8 Å². The minimum atomic E-state index is 0.431. The number of hydrogen-bond donors (Lipinski definition) is 0. The Bertz CT molecular complexity index is 553. The zero-order valence-corrected chi connectivity index (χ0v) is 13.6. The third-order valence-electron chi connectivity index (χ3n) is 4.42. The number of allylic oxidation sites excluding steroid dienone is 2. The van der Waals surface area contributed by atoms with Crippen LogP contribution in [0.5, 0.6) is 0 Å². The summed E-state index contributed by atoms with van der Waals surface area (Å²) in [6, 6.07) is 2.64. The summed E-state index contributed by atoms with van der Waals surface area (Å²) in [6.07, 6.45) is 7.60. The molecule has 0 saturated heterocycles. The lowest BCUT2D eigenvalue weighted by atomic mass is 9.91. The molecule has 0 N–H and O–H groups in total. The van der Waals surface area contributed by atoms with Crippen LogP contribution in [0.1, 0.15) is 25.8 Å². The first-order chi connectivity index (χ1) is 10.3. The SMILES string of the molecule is CCN(CC)CCN1N=CC2=CC=C(c3ccsc3)CC21. The van der Waals surface area contributed by atoms with E-state index in [-0.39, 0.29) is 0 Å². The molecule has 4 heteroatoms. The Kier molecular flexibility index (Phi) is 4.56. The lowest BCUT2D eigenvalue weighted by Gasteiger charge is -2.29. The van der Waals surface area contributed by atoms with Gasteiger partial charge in [0, 0.05) is 13.1 Å². The predicted octanol–water partition coefficient (Wildman–Crippen LogP) is 3.47. The highest BCUT2D eigenvalue weighted by Crippen LogP contribution is 2.33. The van der Waals surface area contributed by atoms with Crippen molar-refractivity contribution in [2.24, 2.45) is 5.10 Å². The van der Waals surface area contributed by atoms with Crippen molar-refractivity contribution in [2.75, 3.05) is 26.2 Å². The van der Waals surface area contributed by atoms with E-state index in [9.17, 15) is 0 Å². The van der Waals surface area contributed by atoms with Gasteiger partial charge in [-0.05, 0) is 53.0 Å². The van der Waals surface area contributed by atoms with E-state index < -0.39 is 0 Å². The Labute approximate surface area is 131 Å². The average molecular weight is 301 g/mol. The maximum atomic E-state index is 4.62. The lowest BCUT2D eigenvalue weighted by Crippen LogP contribution is -2.37. The highest BCUT2D eigenvalue weighted by molar-refractivity contribution is 7.08. The largest absolute Gasteiger partial charge is 0.302 e. The summed E-state index contributed by atoms with van der Waals surface area (Å²) in [7, 11) is 0. The van der Waals surface area contributed by atoms with Crippen LogP contribution in [0.25, 0.3) is 5.57 Å². The first-order valence-electron chi connectivity index (χ1n) is 7.78. The van der Waals surface area contributed by atoms with Crippen molar-refractivity contribution >= 4 is 23.1 Å². The van der Waals surface area contributed by atoms with Crippen LogP contribution >= 0.6 is 11.3 Å². The van der Waals surface area contributed by atoms with E-state index in [0.29, 0.717) is 6.04 Å². The van der Waals surface area contributed by atoms with Gasteiger partial charge in [-0.25, -0.2) is 0 Å². The summed E-state index contributed by atoms with van der Waals surface area (Å²) in [5, 5.41) is 11.3. The van der Waals surface area contributed by atoms with Crippen molar-refractivity contribution in [1.82, 2.24) is 9.91 Å². The molecule has 21 heavy (non-hydrogen) atoms. The summed E-state index contributed by atoms with van der Waals surface area (Å²) >= 11 is 1.77. The van der Waals surface area contributed by atoms with Crippen molar-refractivity contribution in [3.05, 3.63) is 40.1 Å². The maximum absolute atomic E-state index is 4.62. The first-order valence-corrected chi connectivity index (χ1v) is 8.72. The molecular formula is C17H23N3S. The summed E-state index contributed by atoms with van der Waals surface area (Å²) in [6.45, 7) is 8.77. The summed E-state index contributed by atoms with van der Waals surface area (Å²) in [5.74, 6) is 0. The third-order valence-corrected chi connectivity index (χ3v) is 5.10. The molecule has 1 unspecified atom stereocenters. The van der Waals surface area contributed by atoms with E-state index in [2.05, 4.69) is 57.8 Å².